The van der Waals surface area contributed by atoms with Crippen molar-refractivity contribution in [2.45, 2.75) is 6.18 Å². The van der Waals surface area contributed by atoms with Crippen LogP contribution in [0.2, 0.25) is 0 Å². The molecule has 0 saturated carbocycles. The van der Waals surface area contributed by atoms with Crippen LogP contribution in [-0.4, -0.2) is 10.2 Å². The maximum Gasteiger partial charge on any atom is 0.417 e. The van der Waals surface area contributed by atoms with Crippen LogP contribution in [0, 0.1) is 21.4 Å². The summed E-state index contributed by atoms with van der Waals surface area (Å²) < 4.78 is 37.6. The maximum absolute atomic E-state index is 12.5. The van der Waals surface area contributed by atoms with Crippen LogP contribution >= 0.6 is 11.6 Å². The molecule has 0 unspecified atom stereocenters. The van der Waals surface area contributed by atoms with Crippen molar-refractivity contribution in [2.75, 3.05) is 0 Å². The van der Waals surface area contributed by atoms with E-state index in [0.29, 0.717) is 12.1 Å². The van der Waals surface area contributed by atoms with Gasteiger partial charge in [0.2, 0.25) is 0 Å². The first-order valence-corrected chi connectivity index (χ1v) is 4.56. The molecule has 0 saturated heterocycles. The predicted molar refractivity (Wildman–Crippen MR) is 53.0 cm³/mol. The molecule has 1 aromatic rings. The summed E-state index contributed by atoms with van der Waals surface area (Å²) in [4.78, 5) is 20.4. The number of rotatable bonds is 2. The molecule has 0 aliphatic heterocycles. The van der Waals surface area contributed by atoms with Crippen molar-refractivity contribution in [1.82, 2.24) is 0 Å². The number of benzene rings is 1. The van der Waals surface area contributed by atoms with E-state index in [1.54, 1.807) is 0 Å². The van der Waals surface area contributed by atoms with E-state index in [2.05, 4.69) is 0 Å². The predicted octanol–water partition coefficient (Wildman–Crippen LogP) is 2.86. The van der Waals surface area contributed by atoms with Gasteiger partial charge in [-0.15, -0.1) is 0 Å². The minimum Gasteiger partial charge on any atom is -0.275 e. The van der Waals surface area contributed by atoms with Crippen molar-refractivity contribution in [3.63, 3.8) is 0 Å². The second-order valence-electron chi connectivity index (χ2n) is 3.02. The zero-order valence-electron chi connectivity index (χ0n) is 8.29. The summed E-state index contributed by atoms with van der Waals surface area (Å²) in [5.41, 5.74) is -4.60. The fourth-order valence-corrected chi connectivity index (χ4v) is 1.49. The van der Waals surface area contributed by atoms with Gasteiger partial charge in [-0.1, -0.05) is 0 Å². The third-order valence-corrected chi connectivity index (χ3v) is 2.18. The lowest BCUT2D eigenvalue weighted by Gasteiger charge is -2.10. The number of carbonyl (C=O) groups is 1. The molecule has 0 heterocycles. The van der Waals surface area contributed by atoms with E-state index in [-0.39, 0.29) is 0 Å². The van der Waals surface area contributed by atoms with Crippen LogP contribution in [0.4, 0.5) is 18.9 Å². The Balaban J connectivity index is 3.77. The van der Waals surface area contributed by atoms with Crippen LogP contribution in [-0.2, 0) is 6.18 Å². The highest BCUT2D eigenvalue weighted by Gasteiger charge is 2.38. The Labute approximate surface area is 103 Å². The van der Waals surface area contributed by atoms with E-state index in [9.17, 15) is 28.1 Å². The van der Waals surface area contributed by atoms with Crippen LogP contribution in [0.1, 0.15) is 21.5 Å². The number of nitro benzene ring substituents is 1. The maximum atomic E-state index is 12.5. The fourth-order valence-electron chi connectivity index (χ4n) is 1.30. The van der Waals surface area contributed by atoms with E-state index in [4.69, 9.17) is 16.9 Å². The van der Waals surface area contributed by atoms with Gasteiger partial charge in [-0.3, -0.25) is 14.9 Å². The molecular formula is C9H2ClF3N2O3. The first-order valence-electron chi connectivity index (χ1n) is 4.18. The molecule has 94 valence electrons. The Morgan fingerprint density at radius 2 is 2.00 bits per heavy atom. The summed E-state index contributed by atoms with van der Waals surface area (Å²) in [6, 6.07) is 1.96. The van der Waals surface area contributed by atoms with Crippen molar-refractivity contribution in [3.05, 3.63) is 38.9 Å². The topological polar surface area (TPSA) is 84.0 Å². The Hall–Kier alpha value is -2.14. The van der Waals surface area contributed by atoms with E-state index in [1.165, 1.54) is 0 Å². The van der Waals surface area contributed by atoms with Crippen LogP contribution in [0.3, 0.4) is 0 Å². The van der Waals surface area contributed by atoms with Crippen molar-refractivity contribution in [2.24, 2.45) is 0 Å². The third-order valence-electron chi connectivity index (χ3n) is 1.99. The number of carbonyl (C=O) groups excluding carboxylic acids is 1. The number of halogens is 4. The zero-order valence-corrected chi connectivity index (χ0v) is 9.04. The van der Waals surface area contributed by atoms with Gasteiger partial charge in [0.25, 0.3) is 10.9 Å². The number of alkyl halides is 3. The molecule has 9 heteroatoms. The van der Waals surface area contributed by atoms with Crippen LogP contribution in [0.25, 0.3) is 0 Å². The smallest absolute Gasteiger partial charge is 0.275 e. The molecule has 0 bridgehead atoms. The lowest BCUT2D eigenvalue weighted by molar-refractivity contribution is -0.385. The highest BCUT2D eigenvalue weighted by Crippen LogP contribution is 2.36. The largest absolute Gasteiger partial charge is 0.417 e. The van der Waals surface area contributed by atoms with Crippen LogP contribution in [0.5, 0.6) is 0 Å². The van der Waals surface area contributed by atoms with E-state index in [0.717, 1.165) is 6.07 Å². The molecule has 0 amide bonds. The average Bonchev–Trinajstić information content (AvgIpc) is 2.25. The van der Waals surface area contributed by atoms with E-state index in [1.807, 2.05) is 0 Å². The Morgan fingerprint density at radius 1 is 1.44 bits per heavy atom. The highest BCUT2D eigenvalue weighted by molar-refractivity contribution is 6.68. The summed E-state index contributed by atoms with van der Waals surface area (Å²) in [6.45, 7) is 0. The number of nitro groups is 1. The van der Waals surface area contributed by atoms with Gasteiger partial charge in [0.1, 0.15) is 11.6 Å². The molecular weight excluding hydrogens is 277 g/mol. The first-order chi connectivity index (χ1) is 8.20. The normalized spacial score (nSPS) is 10.8. The minimum atomic E-state index is -4.92. The van der Waals surface area contributed by atoms with Crippen molar-refractivity contribution in [1.29, 1.82) is 5.26 Å². The monoisotopic (exact) mass is 278 g/mol. The summed E-state index contributed by atoms with van der Waals surface area (Å²) >= 11 is 5.00. The molecule has 0 fully saturated rings. The minimum absolute atomic E-state index is 0.361. The fraction of sp³-hybridized carbons (Fsp3) is 0.111. The van der Waals surface area contributed by atoms with Crippen LogP contribution in [0.15, 0.2) is 12.1 Å². The molecule has 0 radical (unpaired) electrons. The van der Waals surface area contributed by atoms with Gasteiger partial charge in [0, 0.05) is 6.07 Å². The SMILES string of the molecule is N#Cc1c(C(F)(F)F)ccc([N+](=O)[O-])c1C(=O)Cl. The van der Waals surface area contributed by atoms with Gasteiger partial charge in [0.05, 0.1) is 16.1 Å². The van der Waals surface area contributed by atoms with Crippen molar-refractivity contribution in [3.8, 4) is 6.07 Å². The third kappa shape index (κ3) is 2.41. The second-order valence-corrected chi connectivity index (χ2v) is 3.37. The Bertz CT molecular complexity index is 578. The lowest BCUT2D eigenvalue weighted by Crippen LogP contribution is -2.12. The molecule has 0 aromatic heterocycles. The number of hydrogen-bond donors (Lipinski definition) is 0. The van der Waals surface area contributed by atoms with E-state index < -0.39 is 38.7 Å². The van der Waals surface area contributed by atoms with Gasteiger partial charge < -0.3 is 0 Å². The summed E-state index contributed by atoms with van der Waals surface area (Å²) in [5, 5.41) is 17.7. The van der Waals surface area contributed by atoms with E-state index >= 15 is 0 Å². The Kier molecular flexibility index (Phi) is 3.57. The molecule has 1 aromatic carbocycles. The molecule has 1 rings (SSSR count). The summed E-state index contributed by atoms with van der Waals surface area (Å²) in [7, 11) is 0. The highest BCUT2D eigenvalue weighted by atomic mass is 35.5. The lowest BCUT2D eigenvalue weighted by atomic mass is 10.0. The molecule has 0 atom stereocenters. The number of nitrogens with zero attached hydrogens (tertiary/aromatic N) is 2. The first kappa shape index (κ1) is 13.9. The molecule has 0 aliphatic carbocycles. The molecule has 5 nitrogen and oxygen atoms in total. The summed E-state index contributed by atoms with van der Waals surface area (Å²) in [6.07, 6.45) is -4.92. The van der Waals surface area contributed by atoms with Gasteiger partial charge >= 0.3 is 6.18 Å². The Morgan fingerprint density at radius 3 is 2.33 bits per heavy atom. The summed E-state index contributed by atoms with van der Waals surface area (Å²) in [5.74, 6) is 0. The molecule has 18 heavy (non-hydrogen) atoms. The molecule has 0 spiro atoms. The van der Waals surface area contributed by atoms with Crippen molar-refractivity contribution >= 4 is 22.5 Å². The number of hydrogen-bond acceptors (Lipinski definition) is 4. The van der Waals surface area contributed by atoms with Gasteiger partial charge in [-0.2, -0.15) is 18.4 Å². The van der Waals surface area contributed by atoms with Gasteiger partial charge in [-0.05, 0) is 17.7 Å². The van der Waals surface area contributed by atoms with Gasteiger partial charge in [-0.25, -0.2) is 0 Å². The quantitative estimate of drug-likeness (QED) is 0.473. The number of nitriles is 1. The van der Waals surface area contributed by atoms with Gasteiger partial charge in [0.15, 0.2) is 0 Å². The molecule has 0 N–H and O–H groups in total. The van der Waals surface area contributed by atoms with Crippen molar-refractivity contribution < 1.29 is 22.9 Å². The standard InChI is InChI=1S/C9H2ClF3N2O3/c10-8(16)7-4(3-14)5(9(11,12)13)1-2-6(7)15(17)18/h1-2H. The molecule has 0 aliphatic rings. The zero-order chi connectivity index (χ0) is 14.1. The second kappa shape index (κ2) is 4.62. The van der Waals surface area contributed by atoms with Crippen LogP contribution < -0.4 is 0 Å². The average molecular weight is 279 g/mol.